The highest BCUT2D eigenvalue weighted by atomic mass is 16.5. The van der Waals surface area contributed by atoms with Crippen LogP contribution in [0, 0.1) is 12.0 Å². The zero-order chi connectivity index (χ0) is 9.07. The Hall–Kier alpha value is -0.640. The molecule has 0 aromatic rings. The van der Waals surface area contributed by atoms with Crippen molar-refractivity contribution in [2.45, 2.75) is 52.4 Å². The van der Waals surface area contributed by atoms with Gasteiger partial charge in [0.2, 0.25) is 0 Å². The fraction of sp³-hybridized carbons (Fsp3) is 0.818. The first kappa shape index (κ1) is 11.4. The van der Waals surface area contributed by atoms with E-state index < -0.39 is 0 Å². The number of hydrogen-bond donors (Lipinski definition) is 0. The Labute approximate surface area is 76.5 Å². The fourth-order valence-corrected chi connectivity index (χ4v) is 0.879. The first-order chi connectivity index (χ1) is 5.91. The Kier molecular flexibility index (Phi) is 9.81. The van der Waals surface area contributed by atoms with Gasteiger partial charge in [-0.15, -0.1) is 0 Å². The predicted molar refractivity (Wildman–Crippen MR) is 52.8 cm³/mol. The molecular weight excluding hydrogens is 148 g/mol. The standard InChI is InChI=1S/C11H20O/c1-3-5-7-9-11-12-10-8-6-4-2/h3-7,9,11H2,1-2H3. The SMILES string of the molecule is CCCC#COCCCCCC. The lowest BCUT2D eigenvalue weighted by molar-refractivity contribution is 0.267. The van der Waals surface area contributed by atoms with Crippen molar-refractivity contribution in [2.75, 3.05) is 6.61 Å². The minimum Gasteiger partial charge on any atom is -0.447 e. The van der Waals surface area contributed by atoms with Gasteiger partial charge in [-0.2, -0.15) is 0 Å². The van der Waals surface area contributed by atoms with Crippen molar-refractivity contribution in [2.24, 2.45) is 0 Å². The second kappa shape index (κ2) is 10.4. The van der Waals surface area contributed by atoms with E-state index in [0.29, 0.717) is 0 Å². The van der Waals surface area contributed by atoms with Crippen molar-refractivity contribution in [1.29, 1.82) is 0 Å². The van der Waals surface area contributed by atoms with Gasteiger partial charge in [0.05, 0.1) is 0 Å². The molecule has 0 aliphatic rings. The van der Waals surface area contributed by atoms with Gasteiger partial charge in [0.25, 0.3) is 0 Å². The fourth-order valence-electron chi connectivity index (χ4n) is 0.879. The molecule has 0 saturated heterocycles. The molecule has 12 heavy (non-hydrogen) atoms. The van der Waals surface area contributed by atoms with Crippen LogP contribution >= 0.6 is 0 Å². The molecule has 0 saturated carbocycles. The van der Waals surface area contributed by atoms with Crippen LogP contribution in [0.4, 0.5) is 0 Å². The Balaban J connectivity index is 2.96. The molecule has 0 unspecified atom stereocenters. The third-order valence-corrected chi connectivity index (χ3v) is 1.62. The molecule has 0 amide bonds. The summed E-state index contributed by atoms with van der Waals surface area (Å²) in [5.74, 6) is 2.95. The molecule has 0 atom stereocenters. The molecule has 0 aliphatic carbocycles. The lowest BCUT2D eigenvalue weighted by Gasteiger charge is -1.96. The summed E-state index contributed by atoms with van der Waals surface area (Å²) in [5.41, 5.74) is 0. The molecule has 0 bridgehead atoms. The molecule has 0 rings (SSSR count). The van der Waals surface area contributed by atoms with Gasteiger partial charge in [-0.3, -0.25) is 0 Å². The number of hydrogen-bond acceptors (Lipinski definition) is 1. The summed E-state index contributed by atoms with van der Waals surface area (Å²) < 4.78 is 5.12. The summed E-state index contributed by atoms with van der Waals surface area (Å²) in [4.78, 5) is 0. The number of unbranched alkanes of at least 4 members (excludes halogenated alkanes) is 4. The molecule has 0 heterocycles. The normalized spacial score (nSPS) is 8.83. The summed E-state index contributed by atoms with van der Waals surface area (Å²) in [7, 11) is 0. The Morgan fingerprint density at radius 1 is 1.00 bits per heavy atom. The van der Waals surface area contributed by atoms with Crippen molar-refractivity contribution in [1.82, 2.24) is 0 Å². The quantitative estimate of drug-likeness (QED) is 0.436. The molecule has 0 aromatic carbocycles. The van der Waals surface area contributed by atoms with Crippen LogP contribution in [0.1, 0.15) is 52.4 Å². The maximum Gasteiger partial charge on any atom is 0.110 e. The zero-order valence-electron chi connectivity index (χ0n) is 8.36. The van der Waals surface area contributed by atoms with E-state index >= 15 is 0 Å². The minimum absolute atomic E-state index is 0.802. The Bertz CT molecular complexity index is 130. The zero-order valence-corrected chi connectivity index (χ0v) is 8.36. The van der Waals surface area contributed by atoms with Crippen LogP contribution in [0.25, 0.3) is 0 Å². The summed E-state index contributed by atoms with van der Waals surface area (Å²) >= 11 is 0. The average molecular weight is 168 g/mol. The van der Waals surface area contributed by atoms with E-state index in [1.54, 1.807) is 0 Å². The molecule has 70 valence electrons. The van der Waals surface area contributed by atoms with E-state index in [0.717, 1.165) is 25.9 Å². The van der Waals surface area contributed by atoms with Crippen molar-refractivity contribution >= 4 is 0 Å². The van der Waals surface area contributed by atoms with Crippen LogP contribution in [0.3, 0.4) is 0 Å². The first-order valence-electron chi connectivity index (χ1n) is 5.01. The van der Waals surface area contributed by atoms with E-state index in [2.05, 4.69) is 25.9 Å². The van der Waals surface area contributed by atoms with Gasteiger partial charge in [-0.25, -0.2) is 0 Å². The van der Waals surface area contributed by atoms with Crippen molar-refractivity contribution in [3.05, 3.63) is 0 Å². The van der Waals surface area contributed by atoms with Crippen LogP contribution in [-0.2, 0) is 4.74 Å². The highest BCUT2D eigenvalue weighted by molar-refractivity contribution is 4.90. The molecule has 0 radical (unpaired) electrons. The van der Waals surface area contributed by atoms with Crippen LogP contribution in [0.15, 0.2) is 0 Å². The van der Waals surface area contributed by atoms with Gasteiger partial charge in [0, 0.05) is 6.42 Å². The predicted octanol–water partition coefficient (Wildman–Crippen LogP) is 3.34. The molecule has 0 fully saturated rings. The van der Waals surface area contributed by atoms with E-state index in [4.69, 9.17) is 4.74 Å². The summed E-state index contributed by atoms with van der Waals surface area (Å²) in [6, 6.07) is 0. The second-order valence-corrected chi connectivity index (χ2v) is 2.94. The second-order valence-electron chi connectivity index (χ2n) is 2.94. The molecular formula is C11H20O. The van der Waals surface area contributed by atoms with E-state index in [1.807, 2.05) is 0 Å². The average Bonchev–Trinajstić information content (AvgIpc) is 2.10. The van der Waals surface area contributed by atoms with Crippen LogP contribution in [0.5, 0.6) is 0 Å². The molecule has 0 aromatic heterocycles. The topological polar surface area (TPSA) is 9.23 Å². The third-order valence-electron chi connectivity index (χ3n) is 1.62. The van der Waals surface area contributed by atoms with Gasteiger partial charge < -0.3 is 4.74 Å². The monoisotopic (exact) mass is 168 g/mol. The van der Waals surface area contributed by atoms with Gasteiger partial charge in [-0.05, 0) is 12.8 Å². The maximum atomic E-state index is 5.12. The number of rotatable bonds is 6. The maximum absolute atomic E-state index is 5.12. The van der Waals surface area contributed by atoms with Crippen LogP contribution in [0.2, 0.25) is 0 Å². The third kappa shape index (κ3) is 9.36. The molecule has 1 nitrogen and oxygen atoms in total. The van der Waals surface area contributed by atoms with Crippen LogP contribution < -0.4 is 0 Å². The highest BCUT2D eigenvalue weighted by Crippen LogP contribution is 1.98. The smallest absolute Gasteiger partial charge is 0.110 e. The van der Waals surface area contributed by atoms with Gasteiger partial charge >= 0.3 is 0 Å². The lowest BCUT2D eigenvalue weighted by Crippen LogP contribution is -1.87. The van der Waals surface area contributed by atoms with Gasteiger partial charge in [0.1, 0.15) is 12.7 Å². The Morgan fingerprint density at radius 2 is 1.83 bits per heavy atom. The van der Waals surface area contributed by atoms with E-state index in [-0.39, 0.29) is 0 Å². The van der Waals surface area contributed by atoms with Crippen molar-refractivity contribution in [3.63, 3.8) is 0 Å². The van der Waals surface area contributed by atoms with Gasteiger partial charge in [-0.1, -0.05) is 39.0 Å². The van der Waals surface area contributed by atoms with Gasteiger partial charge in [0.15, 0.2) is 0 Å². The molecule has 0 aliphatic heterocycles. The minimum atomic E-state index is 0.802. The first-order valence-corrected chi connectivity index (χ1v) is 5.01. The lowest BCUT2D eigenvalue weighted by atomic mass is 10.2. The Morgan fingerprint density at radius 3 is 2.50 bits per heavy atom. The van der Waals surface area contributed by atoms with E-state index in [9.17, 15) is 0 Å². The largest absolute Gasteiger partial charge is 0.447 e. The highest BCUT2D eigenvalue weighted by Gasteiger charge is 1.85. The molecule has 0 N–H and O–H groups in total. The molecule has 0 spiro atoms. The molecule has 1 heteroatoms. The summed E-state index contributed by atoms with van der Waals surface area (Å²) in [5, 5.41) is 0. The van der Waals surface area contributed by atoms with Crippen molar-refractivity contribution < 1.29 is 4.74 Å². The summed E-state index contributed by atoms with van der Waals surface area (Å²) in [6.07, 6.45) is 9.79. The number of ether oxygens (including phenoxy) is 1. The van der Waals surface area contributed by atoms with Crippen LogP contribution in [-0.4, -0.2) is 6.61 Å². The summed E-state index contributed by atoms with van der Waals surface area (Å²) in [6.45, 7) is 5.13. The van der Waals surface area contributed by atoms with E-state index in [1.165, 1.54) is 19.3 Å². The van der Waals surface area contributed by atoms with Crippen molar-refractivity contribution in [3.8, 4) is 12.0 Å².